The molecule has 0 bridgehead atoms. The molecule has 1 amide bonds. The highest BCUT2D eigenvalue weighted by Crippen LogP contribution is 2.33. The molecular weight excluding hydrogens is 445 g/mol. The van der Waals surface area contributed by atoms with Gasteiger partial charge in [0.25, 0.3) is 0 Å². The van der Waals surface area contributed by atoms with E-state index in [0.29, 0.717) is 23.8 Å². The van der Waals surface area contributed by atoms with Gasteiger partial charge in [0.2, 0.25) is 5.88 Å². The minimum atomic E-state index is -0.962. The molecule has 1 aliphatic rings. The SMILES string of the molecule is O=C(O)N1CC=C(c2nccnc2Oc2ccc(Nc3nc4ccccc4s3)c(F)c2)CC1. The van der Waals surface area contributed by atoms with Crippen LogP contribution in [0.2, 0.25) is 0 Å². The summed E-state index contributed by atoms with van der Waals surface area (Å²) < 4.78 is 21.7. The summed E-state index contributed by atoms with van der Waals surface area (Å²) >= 11 is 1.44. The van der Waals surface area contributed by atoms with E-state index in [1.54, 1.807) is 18.2 Å². The number of benzene rings is 2. The maximum absolute atomic E-state index is 14.8. The number of rotatable bonds is 5. The minimum absolute atomic E-state index is 0.235. The zero-order valence-corrected chi connectivity index (χ0v) is 18.1. The maximum atomic E-state index is 14.8. The second kappa shape index (κ2) is 8.83. The number of para-hydroxylation sites is 1. The Bertz CT molecular complexity index is 1340. The molecular formula is C23H18FN5O3S. The molecule has 2 aromatic carbocycles. The number of nitrogens with zero attached hydrogens (tertiary/aromatic N) is 4. The predicted octanol–water partition coefficient (Wildman–Crippen LogP) is 5.53. The zero-order chi connectivity index (χ0) is 22.8. The number of halogens is 1. The molecule has 0 atom stereocenters. The van der Waals surface area contributed by atoms with Gasteiger partial charge >= 0.3 is 6.09 Å². The molecule has 0 radical (unpaired) electrons. The molecule has 1 aliphatic heterocycles. The van der Waals surface area contributed by atoms with Crippen molar-refractivity contribution in [2.24, 2.45) is 0 Å². The summed E-state index contributed by atoms with van der Waals surface area (Å²) in [5, 5.41) is 12.7. The number of hydrogen-bond donors (Lipinski definition) is 2. The van der Waals surface area contributed by atoms with Crippen LogP contribution in [0.5, 0.6) is 11.6 Å². The van der Waals surface area contributed by atoms with Crippen LogP contribution in [0.1, 0.15) is 12.1 Å². The van der Waals surface area contributed by atoms with Gasteiger partial charge in [-0.2, -0.15) is 0 Å². The third-order valence-electron chi connectivity index (χ3n) is 5.14. The first-order valence-corrected chi connectivity index (χ1v) is 11.0. The lowest BCUT2D eigenvalue weighted by molar-refractivity contribution is 0.150. The first kappa shape index (κ1) is 20.8. The Labute approximate surface area is 192 Å². The smallest absolute Gasteiger partial charge is 0.407 e. The summed E-state index contributed by atoms with van der Waals surface area (Å²) in [6, 6.07) is 12.2. The predicted molar refractivity (Wildman–Crippen MR) is 124 cm³/mol. The number of nitrogens with one attached hydrogen (secondary N) is 1. The fourth-order valence-corrected chi connectivity index (χ4v) is 4.37. The van der Waals surface area contributed by atoms with E-state index in [1.165, 1.54) is 34.7 Å². The van der Waals surface area contributed by atoms with Gasteiger partial charge in [0.1, 0.15) is 17.3 Å². The van der Waals surface area contributed by atoms with Crippen molar-refractivity contribution in [3.63, 3.8) is 0 Å². The van der Waals surface area contributed by atoms with Crippen molar-refractivity contribution < 1.29 is 19.0 Å². The van der Waals surface area contributed by atoms with Gasteiger partial charge in [0.05, 0.1) is 15.9 Å². The second-order valence-corrected chi connectivity index (χ2v) is 8.30. The topological polar surface area (TPSA) is 100 Å². The van der Waals surface area contributed by atoms with E-state index in [4.69, 9.17) is 9.84 Å². The van der Waals surface area contributed by atoms with E-state index in [-0.39, 0.29) is 23.9 Å². The van der Waals surface area contributed by atoms with Crippen LogP contribution >= 0.6 is 11.3 Å². The van der Waals surface area contributed by atoms with Crippen LogP contribution < -0.4 is 10.1 Å². The van der Waals surface area contributed by atoms with Crippen molar-refractivity contribution in [1.82, 2.24) is 19.9 Å². The summed E-state index contributed by atoms with van der Waals surface area (Å²) in [5.74, 6) is 0.0117. The largest absolute Gasteiger partial charge is 0.465 e. The molecule has 0 unspecified atom stereocenters. The van der Waals surface area contributed by atoms with E-state index in [2.05, 4.69) is 20.3 Å². The van der Waals surface area contributed by atoms with Gasteiger partial charge in [-0.25, -0.2) is 24.1 Å². The summed E-state index contributed by atoms with van der Waals surface area (Å²) in [6.07, 6.45) is 4.35. The number of ether oxygens (including phenoxy) is 1. The molecule has 0 aliphatic carbocycles. The normalized spacial score (nSPS) is 13.6. The first-order valence-electron chi connectivity index (χ1n) is 10.1. The van der Waals surface area contributed by atoms with Crippen molar-refractivity contribution >= 4 is 44.0 Å². The van der Waals surface area contributed by atoms with Crippen molar-refractivity contribution in [3.05, 3.63) is 72.4 Å². The number of carboxylic acid groups (broad SMARTS) is 1. The molecule has 8 nitrogen and oxygen atoms in total. The summed E-state index contributed by atoms with van der Waals surface area (Å²) in [6.45, 7) is 0.624. The molecule has 0 fully saturated rings. The van der Waals surface area contributed by atoms with Gasteiger partial charge in [-0.3, -0.25) is 0 Å². The lowest BCUT2D eigenvalue weighted by atomic mass is 10.1. The number of anilines is 2. The molecule has 5 rings (SSSR count). The lowest BCUT2D eigenvalue weighted by Crippen LogP contribution is -2.33. The van der Waals surface area contributed by atoms with E-state index in [9.17, 15) is 9.18 Å². The van der Waals surface area contributed by atoms with E-state index < -0.39 is 11.9 Å². The lowest BCUT2D eigenvalue weighted by Gasteiger charge is -2.23. The molecule has 2 aromatic heterocycles. The van der Waals surface area contributed by atoms with Crippen LogP contribution in [0.25, 0.3) is 15.8 Å². The average Bonchev–Trinajstić information content (AvgIpc) is 3.24. The number of hydrogen-bond acceptors (Lipinski definition) is 7. The van der Waals surface area contributed by atoms with E-state index in [0.717, 1.165) is 15.8 Å². The monoisotopic (exact) mass is 463 g/mol. The highest BCUT2D eigenvalue weighted by atomic mass is 32.1. The molecule has 0 spiro atoms. The van der Waals surface area contributed by atoms with E-state index >= 15 is 0 Å². The fraction of sp³-hybridized carbons (Fsp3) is 0.130. The Balaban J connectivity index is 1.34. The summed E-state index contributed by atoms with van der Waals surface area (Å²) in [5.41, 5.74) is 2.48. The van der Waals surface area contributed by atoms with E-state index in [1.807, 2.05) is 24.3 Å². The highest BCUT2D eigenvalue weighted by Gasteiger charge is 2.21. The molecule has 0 saturated heterocycles. The molecule has 2 N–H and O–H groups in total. The van der Waals surface area contributed by atoms with Gasteiger partial charge in [-0.05, 0) is 36.3 Å². The number of aromatic nitrogens is 3. The van der Waals surface area contributed by atoms with Crippen LogP contribution in [0.3, 0.4) is 0 Å². The standard InChI is InChI=1S/C23H18FN5O3S/c24-16-13-15(5-6-17(16)27-22-28-18-3-1-2-4-19(18)33-22)32-21-20(25-9-10-26-21)14-7-11-29(12-8-14)23(30)31/h1-7,9-10,13H,8,11-12H2,(H,27,28)(H,30,31). The van der Waals surface area contributed by atoms with Gasteiger partial charge in [0, 0.05) is 31.5 Å². The van der Waals surface area contributed by atoms with Crippen LogP contribution in [-0.2, 0) is 0 Å². The van der Waals surface area contributed by atoms with Crippen LogP contribution in [-0.4, -0.2) is 44.1 Å². The summed E-state index contributed by atoms with van der Waals surface area (Å²) in [4.78, 5) is 25.5. The van der Waals surface area contributed by atoms with Crippen LogP contribution in [0, 0.1) is 5.82 Å². The maximum Gasteiger partial charge on any atom is 0.407 e. The Morgan fingerprint density at radius 3 is 2.79 bits per heavy atom. The van der Waals surface area contributed by atoms with Crippen LogP contribution in [0.4, 0.5) is 20.0 Å². The number of carbonyl (C=O) groups is 1. The molecule has 166 valence electrons. The van der Waals surface area contributed by atoms with Gasteiger partial charge in [-0.1, -0.05) is 29.5 Å². The fourth-order valence-electron chi connectivity index (χ4n) is 3.49. The Morgan fingerprint density at radius 1 is 1.18 bits per heavy atom. The average molecular weight is 463 g/mol. The minimum Gasteiger partial charge on any atom is -0.465 e. The van der Waals surface area contributed by atoms with Crippen molar-refractivity contribution in [3.8, 4) is 11.6 Å². The number of amides is 1. The Hall–Kier alpha value is -4.05. The number of fused-ring (bicyclic) bond motifs is 1. The molecule has 33 heavy (non-hydrogen) atoms. The van der Waals surface area contributed by atoms with Gasteiger partial charge in [0.15, 0.2) is 5.13 Å². The quantitative estimate of drug-likeness (QED) is 0.401. The molecule has 4 aromatic rings. The Morgan fingerprint density at radius 2 is 2.03 bits per heavy atom. The molecule has 10 heteroatoms. The first-order chi connectivity index (χ1) is 16.1. The molecule has 3 heterocycles. The third-order valence-corrected chi connectivity index (χ3v) is 6.09. The second-order valence-electron chi connectivity index (χ2n) is 7.27. The van der Waals surface area contributed by atoms with Crippen molar-refractivity contribution in [1.29, 1.82) is 0 Å². The zero-order valence-electron chi connectivity index (χ0n) is 17.2. The van der Waals surface area contributed by atoms with Gasteiger partial charge < -0.3 is 20.1 Å². The third kappa shape index (κ3) is 4.46. The van der Waals surface area contributed by atoms with Crippen molar-refractivity contribution in [2.75, 3.05) is 18.4 Å². The van der Waals surface area contributed by atoms with Crippen molar-refractivity contribution in [2.45, 2.75) is 6.42 Å². The Kier molecular flexibility index (Phi) is 5.57. The number of thiazole rings is 1. The van der Waals surface area contributed by atoms with Gasteiger partial charge in [-0.15, -0.1) is 0 Å². The summed E-state index contributed by atoms with van der Waals surface area (Å²) in [7, 11) is 0. The molecule has 0 saturated carbocycles. The highest BCUT2D eigenvalue weighted by molar-refractivity contribution is 7.22. The van der Waals surface area contributed by atoms with Crippen LogP contribution in [0.15, 0.2) is 60.9 Å².